The average Bonchev–Trinajstić information content (AvgIpc) is 3.59. The van der Waals surface area contributed by atoms with E-state index in [9.17, 15) is 0 Å². The SMILES string of the molecule is COc1cccc(-n2cccc2[C@H]2[C@H](c3ccccn3)NC(=S)N2c2ccc(Oc3ccccc3C)cc2)c1. The summed E-state index contributed by atoms with van der Waals surface area (Å²) in [6.07, 6.45) is 3.89. The van der Waals surface area contributed by atoms with Crippen LogP contribution < -0.4 is 19.7 Å². The second-order valence-electron chi connectivity index (χ2n) is 9.36. The number of nitrogens with zero attached hydrogens (tertiary/aromatic N) is 3. The van der Waals surface area contributed by atoms with Gasteiger partial charge in [0.25, 0.3) is 0 Å². The van der Waals surface area contributed by atoms with Crippen LogP contribution in [0.3, 0.4) is 0 Å². The summed E-state index contributed by atoms with van der Waals surface area (Å²) >= 11 is 5.93. The van der Waals surface area contributed by atoms with E-state index in [1.165, 1.54) is 0 Å². The molecule has 0 amide bonds. The molecule has 1 aliphatic heterocycles. The molecule has 5 aromatic rings. The molecule has 3 heterocycles. The van der Waals surface area contributed by atoms with Crippen molar-refractivity contribution in [3.05, 3.63) is 132 Å². The predicted octanol–water partition coefficient (Wildman–Crippen LogP) is 7.16. The molecule has 0 aliphatic carbocycles. The van der Waals surface area contributed by atoms with Gasteiger partial charge in [-0.15, -0.1) is 0 Å². The van der Waals surface area contributed by atoms with Crippen molar-refractivity contribution in [3.63, 3.8) is 0 Å². The summed E-state index contributed by atoms with van der Waals surface area (Å²) in [5.41, 5.74) is 5.06. The van der Waals surface area contributed by atoms with Crippen molar-refractivity contribution >= 4 is 23.0 Å². The number of methoxy groups -OCH3 is 1. The highest BCUT2D eigenvalue weighted by Gasteiger charge is 2.42. The van der Waals surface area contributed by atoms with Crippen molar-refractivity contribution < 1.29 is 9.47 Å². The molecule has 6 rings (SSSR count). The van der Waals surface area contributed by atoms with E-state index in [1.54, 1.807) is 7.11 Å². The van der Waals surface area contributed by atoms with Crippen molar-refractivity contribution in [2.75, 3.05) is 12.0 Å². The number of aryl methyl sites for hydroxylation is 1. The number of pyridine rings is 1. The Kier molecular flexibility index (Phi) is 6.73. The molecule has 0 bridgehead atoms. The summed E-state index contributed by atoms with van der Waals surface area (Å²) in [4.78, 5) is 6.85. The zero-order chi connectivity index (χ0) is 26.8. The average molecular weight is 533 g/mol. The molecule has 1 N–H and O–H groups in total. The zero-order valence-corrected chi connectivity index (χ0v) is 22.5. The second kappa shape index (κ2) is 10.6. The van der Waals surface area contributed by atoms with Crippen LogP contribution in [0.25, 0.3) is 5.69 Å². The van der Waals surface area contributed by atoms with Crippen LogP contribution in [0.5, 0.6) is 17.2 Å². The summed E-state index contributed by atoms with van der Waals surface area (Å²) < 4.78 is 13.8. The summed E-state index contributed by atoms with van der Waals surface area (Å²) in [6, 6.07) is 34.0. The first-order valence-corrected chi connectivity index (χ1v) is 13.2. The van der Waals surface area contributed by atoms with Crippen LogP contribution in [-0.4, -0.2) is 21.8 Å². The minimum Gasteiger partial charge on any atom is -0.497 e. The van der Waals surface area contributed by atoms with Gasteiger partial charge in [0.2, 0.25) is 0 Å². The molecule has 39 heavy (non-hydrogen) atoms. The van der Waals surface area contributed by atoms with Crippen molar-refractivity contribution in [1.29, 1.82) is 0 Å². The van der Waals surface area contributed by atoms with Crippen LogP contribution >= 0.6 is 12.2 Å². The topological polar surface area (TPSA) is 51.5 Å². The summed E-state index contributed by atoms with van der Waals surface area (Å²) in [5.74, 6) is 2.41. The third-order valence-corrected chi connectivity index (χ3v) is 7.26. The molecule has 1 saturated heterocycles. The van der Waals surface area contributed by atoms with Crippen molar-refractivity contribution in [2.24, 2.45) is 0 Å². The quantitative estimate of drug-likeness (QED) is 0.225. The first kappa shape index (κ1) is 24.7. The normalized spacial score (nSPS) is 16.7. The highest BCUT2D eigenvalue weighted by Crippen LogP contribution is 2.43. The van der Waals surface area contributed by atoms with E-state index in [4.69, 9.17) is 21.7 Å². The van der Waals surface area contributed by atoms with E-state index in [2.05, 4.69) is 44.2 Å². The van der Waals surface area contributed by atoms with Gasteiger partial charge in [-0.25, -0.2) is 0 Å². The highest BCUT2D eigenvalue weighted by atomic mass is 32.1. The van der Waals surface area contributed by atoms with E-state index in [0.717, 1.165) is 45.6 Å². The molecule has 7 heteroatoms. The maximum absolute atomic E-state index is 6.15. The lowest BCUT2D eigenvalue weighted by Gasteiger charge is -2.29. The molecule has 3 aromatic carbocycles. The Labute approximate surface area is 233 Å². The first-order valence-electron chi connectivity index (χ1n) is 12.8. The lowest BCUT2D eigenvalue weighted by molar-refractivity contribution is 0.414. The Morgan fingerprint density at radius 1 is 0.821 bits per heavy atom. The van der Waals surface area contributed by atoms with Crippen LogP contribution in [-0.2, 0) is 0 Å². The third kappa shape index (κ3) is 4.84. The van der Waals surface area contributed by atoms with Gasteiger partial charge in [-0.2, -0.15) is 0 Å². The Balaban J connectivity index is 1.40. The molecular weight excluding hydrogens is 504 g/mol. The minimum atomic E-state index is -0.156. The fraction of sp³-hybridized carbons (Fsp3) is 0.125. The fourth-order valence-electron chi connectivity index (χ4n) is 5.04. The third-order valence-electron chi connectivity index (χ3n) is 6.95. The molecule has 1 fully saturated rings. The molecule has 0 unspecified atom stereocenters. The van der Waals surface area contributed by atoms with Gasteiger partial charge in [0.1, 0.15) is 23.3 Å². The largest absolute Gasteiger partial charge is 0.497 e. The number of nitrogens with one attached hydrogen (secondary N) is 1. The molecule has 0 saturated carbocycles. The van der Waals surface area contributed by atoms with Gasteiger partial charge in [-0.3, -0.25) is 4.98 Å². The second-order valence-corrected chi connectivity index (χ2v) is 9.75. The van der Waals surface area contributed by atoms with E-state index >= 15 is 0 Å². The molecule has 6 nitrogen and oxygen atoms in total. The van der Waals surface area contributed by atoms with Crippen molar-refractivity contribution in [3.8, 4) is 22.9 Å². The van der Waals surface area contributed by atoms with Gasteiger partial charge in [-0.1, -0.05) is 30.3 Å². The standard InChI is InChI=1S/C32H28N4O2S/c1-22-9-3-4-14-29(22)38-25-17-15-23(16-18-25)36-31(30(34-32(36)39)27-12-5-6-19-33-27)28-13-8-20-35(28)24-10-7-11-26(21-24)37-2/h3-21,30-31H,1-2H3,(H,34,39)/t30-,31-/m0/s1. The molecule has 2 atom stereocenters. The summed E-state index contributed by atoms with van der Waals surface area (Å²) in [7, 11) is 1.68. The van der Waals surface area contributed by atoms with E-state index in [1.807, 2.05) is 98.0 Å². The number of hydrogen-bond donors (Lipinski definition) is 1. The number of aromatic nitrogens is 2. The van der Waals surface area contributed by atoms with Crippen LogP contribution in [0, 0.1) is 6.92 Å². The number of para-hydroxylation sites is 1. The number of hydrogen-bond acceptors (Lipinski definition) is 4. The van der Waals surface area contributed by atoms with Crippen LogP contribution in [0.4, 0.5) is 5.69 Å². The molecule has 1 aliphatic rings. The Morgan fingerprint density at radius 3 is 2.41 bits per heavy atom. The van der Waals surface area contributed by atoms with Crippen LogP contribution in [0.2, 0.25) is 0 Å². The highest BCUT2D eigenvalue weighted by molar-refractivity contribution is 7.80. The maximum atomic E-state index is 6.15. The number of benzene rings is 3. The summed E-state index contributed by atoms with van der Waals surface area (Å²) in [6.45, 7) is 2.04. The fourth-order valence-corrected chi connectivity index (χ4v) is 5.38. The van der Waals surface area contributed by atoms with Crippen molar-refractivity contribution in [2.45, 2.75) is 19.0 Å². The van der Waals surface area contributed by atoms with Gasteiger partial charge >= 0.3 is 0 Å². The lowest BCUT2D eigenvalue weighted by Crippen LogP contribution is -2.30. The van der Waals surface area contributed by atoms with Gasteiger partial charge in [0, 0.05) is 35.5 Å². The Bertz CT molecular complexity index is 1600. The predicted molar refractivity (Wildman–Crippen MR) is 158 cm³/mol. The van der Waals surface area contributed by atoms with Gasteiger partial charge in [0.15, 0.2) is 5.11 Å². The van der Waals surface area contributed by atoms with Crippen LogP contribution in [0.15, 0.2) is 116 Å². The molecule has 0 radical (unpaired) electrons. The smallest absolute Gasteiger partial charge is 0.174 e. The van der Waals surface area contributed by atoms with E-state index in [-0.39, 0.29) is 12.1 Å². The van der Waals surface area contributed by atoms with Crippen molar-refractivity contribution in [1.82, 2.24) is 14.9 Å². The summed E-state index contributed by atoms with van der Waals surface area (Å²) in [5, 5.41) is 4.19. The number of anilines is 1. The van der Waals surface area contributed by atoms with E-state index in [0.29, 0.717) is 5.11 Å². The molecule has 2 aromatic heterocycles. The maximum Gasteiger partial charge on any atom is 0.174 e. The van der Waals surface area contributed by atoms with E-state index < -0.39 is 0 Å². The molecule has 194 valence electrons. The number of thiocarbonyl (C=S) groups is 1. The monoisotopic (exact) mass is 532 g/mol. The van der Waals surface area contributed by atoms with Gasteiger partial charge < -0.3 is 24.3 Å². The molecular formula is C32H28N4O2S. The van der Waals surface area contributed by atoms with Gasteiger partial charge in [-0.05, 0) is 91.4 Å². The number of ether oxygens (including phenoxy) is 2. The molecule has 0 spiro atoms. The van der Waals surface area contributed by atoms with Gasteiger partial charge in [0.05, 0.1) is 18.8 Å². The Hall–Kier alpha value is -4.62. The van der Waals surface area contributed by atoms with Crippen LogP contribution in [0.1, 0.15) is 29.0 Å². The lowest BCUT2D eigenvalue weighted by atomic mass is 10.0. The Morgan fingerprint density at radius 2 is 1.64 bits per heavy atom. The minimum absolute atomic E-state index is 0.152. The number of rotatable bonds is 7. The first-order chi connectivity index (χ1) is 19.1. The zero-order valence-electron chi connectivity index (χ0n) is 21.7.